The summed E-state index contributed by atoms with van der Waals surface area (Å²) in [5, 5.41) is 16.1. The molecule has 0 saturated heterocycles. The predicted molar refractivity (Wildman–Crippen MR) is 103 cm³/mol. The highest BCUT2D eigenvalue weighted by Gasteiger charge is 2.31. The number of aliphatic carboxylic acids is 1. The zero-order chi connectivity index (χ0) is 20.5. The molecule has 2 heterocycles. The fourth-order valence-electron chi connectivity index (χ4n) is 3.09. The topological polar surface area (TPSA) is 105 Å². The van der Waals surface area contributed by atoms with Crippen molar-refractivity contribution in [2.24, 2.45) is 0 Å². The molecule has 146 valence electrons. The third kappa shape index (κ3) is 3.66. The summed E-state index contributed by atoms with van der Waals surface area (Å²) in [5.41, 5.74) is 1.03. The molecule has 3 rings (SSSR count). The van der Waals surface area contributed by atoms with Gasteiger partial charge in [-0.25, -0.2) is 4.79 Å². The van der Waals surface area contributed by atoms with Crippen LogP contribution in [0.3, 0.4) is 0 Å². The molecule has 0 spiro atoms. The smallest absolute Gasteiger partial charge is 0.331 e. The van der Waals surface area contributed by atoms with Crippen molar-refractivity contribution in [3.63, 3.8) is 0 Å². The minimum absolute atomic E-state index is 0.0639. The second-order valence-electron chi connectivity index (χ2n) is 7.18. The number of carboxylic acids is 1. The van der Waals surface area contributed by atoms with Crippen molar-refractivity contribution in [2.45, 2.75) is 38.8 Å². The van der Waals surface area contributed by atoms with Crippen molar-refractivity contribution >= 4 is 29.5 Å². The van der Waals surface area contributed by atoms with Gasteiger partial charge in [0.25, 0.3) is 0 Å². The molecule has 0 aliphatic carbocycles. The van der Waals surface area contributed by atoms with E-state index in [2.05, 4.69) is 10.4 Å². The van der Waals surface area contributed by atoms with Crippen molar-refractivity contribution < 1.29 is 19.5 Å². The summed E-state index contributed by atoms with van der Waals surface area (Å²) in [4.78, 5) is 37.5. The second-order valence-corrected chi connectivity index (χ2v) is 7.18. The Hall–Kier alpha value is -3.42. The van der Waals surface area contributed by atoms with Crippen LogP contribution in [-0.4, -0.2) is 37.6 Å². The standard InChI is InChI=1S/C20H22N4O4/c1-13(25)23-9-8-14-6-4-5-7-16(14)17(23)10-18(26)22-15-11-21-24(12-15)20(2,3)19(27)28/h4-9,11-12,17H,10H2,1-3H3,(H,22,26)(H,27,28). The normalized spacial score (nSPS) is 15.8. The fourth-order valence-corrected chi connectivity index (χ4v) is 3.09. The number of fused-ring (bicyclic) bond motifs is 1. The van der Waals surface area contributed by atoms with Crippen LogP contribution in [0.15, 0.2) is 42.9 Å². The third-order valence-corrected chi connectivity index (χ3v) is 4.81. The van der Waals surface area contributed by atoms with E-state index in [1.807, 2.05) is 30.3 Å². The van der Waals surface area contributed by atoms with E-state index in [1.165, 1.54) is 37.8 Å². The molecule has 1 aliphatic heterocycles. The van der Waals surface area contributed by atoms with E-state index in [-0.39, 0.29) is 18.2 Å². The Balaban J connectivity index is 1.77. The summed E-state index contributed by atoms with van der Waals surface area (Å²) in [6.07, 6.45) is 6.48. The number of carbonyl (C=O) groups is 3. The summed E-state index contributed by atoms with van der Waals surface area (Å²) >= 11 is 0. The van der Waals surface area contributed by atoms with Gasteiger partial charge in [-0.3, -0.25) is 14.3 Å². The quantitative estimate of drug-likeness (QED) is 0.827. The highest BCUT2D eigenvalue weighted by molar-refractivity contribution is 5.92. The lowest BCUT2D eigenvalue weighted by Crippen LogP contribution is -2.36. The molecule has 28 heavy (non-hydrogen) atoms. The lowest BCUT2D eigenvalue weighted by atomic mass is 9.93. The molecule has 0 saturated carbocycles. The first-order valence-electron chi connectivity index (χ1n) is 8.84. The summed E-state index contributed by atoms with van der Waals surface area (Å²) in [6.45, 7) is 4.50. The van der Waals surface area contributed by atoms with E-state index in [1.54, 1.807) is 11.1 Å². The van der Waals surface area contributed by atoms with Crippen molar-refractivity contribution in [3.8, 4) is 0 Å². The van der Waals surface area contributed by atoms with Gasteiger partial charge in [0.1, 0.15) is 0 Å². The Bertz CT molecular complexity index is 961. The maximum atomic E-state index is 12.6. The number of hydrogen-bond acceptors (Lipinski definition) is 4. The van der Waals surface area contributed by atoms with Gasteiger partial charge in [-0.05, 0) is 31.1 Å². The molecular formula is C20H22N4O4. The van der Waals surface area contributed by atoms with Gasteiger partial charge in [-0.15, -0.1) is 0 Å². The van der Waals surface area contributed by atoms with Crippen LogP contribution in [0.2, 0.25) is 0 Å². The number of amides is 2. The maximum Gasteiger partial charge on any atom is 0.331 e. The number of carbonyl (C=O) groups excluding carboxylic acids is 2. The highest BCUT2D eigenvalue weighted by atomic mass is 16.4. The molecular weight excluding hydrogens is 360 g/mol. The van der Waals surface area contributed by atoms with Gasteiger partial charge in [0.15, 0.2) is 5.54 Å². The Morgan fingerprint density at radius 2 is 1.96 bits per heavy atom. The van der Waals surface area contributed by atoms with Gasteiger partial charge in [0.05, 0.1) is 24.3 Å². The molecule has 2 amide bonds. The number of carboxylic acid groups (broad SMARTS) is 1. The van der Waals surface area contributed by atoms with Crippen molar-refractivity contribution in [1.82, 2.24) is 14.7 Å². The molecule has 1 aromatic carbocycles. The van der Waals surface area contributed by atoms with Crippen LogP contribution in [0.25, 0.3) is 6.08 Å². The van der Waals surface area contributed by atoms with Crippen LogP contribution >= 0.6 is 0 Å². The molecule has 8 heteroatoms. The average molecular weight is 382 g/mol. The first kappa shape index (κ1) is 19.3. The number of anilines is 1. The third-order valence-electron chi connectivity index (χ3n) is 4.81. The summed E-state index contributed by atoms with van der Waals surface area (Å²) in [6, 6.07) is 7.21. The van der Waals surface area contributed by atoms with E-state index < -0.39 is 17.6 Å². The highest BCUT2D eigenvalue weighted by Crippen LogP contribution is 2.33. The zero-order valence-corrected chi connectivity index (χ0v) is 15.9. The fraction of sp³-hybridized carbons (Fsp3) is 0.300. The number of rotatable bonds is 5. The van der Waals surface area contributed by atoms with E-state index in [0.29, 0.717) is 5.69 Å². The van der Waals surface area contributed by atoms with Crippen LogP contribution in [0.5, 0.6) is 0 Å². The van der Waals surface area contributed by atoms with Crippen LogP contribution in [0.1, 0.15) is 44.4 Å². The van der Waals surface area contributed by atoms with Crippen LogP contribution in [-0.2, 0) is 19.9 Å². The van der Waals surface area contributed by atoms with Gasteiger partial charge in [0.2, 0.25) is 11.8 Å². The number of benzene rings is 1. The SMILES string of the molecule is CC(=O)N1C=Cc2ccccc2C1CC(=O)Nc1cnn(C(C)(C)C(=O)O)c1. The number of aromatic nitrogens is 2. The Kier molecular flexibility index (Phi) is 5.04. The van der Waals surface area contributed by atoms with Gasteiger partial charge in [0, 0.05) is 19.3 Å². The van der Waals surface area contributed by atoms with Crippen LogP contribution < -0.4 is 5.32 Å². The molecule has 0 fully saturated rings. The second kappa shape index (κ2) is 7.30. The average Bonchev–Trinajstić information content (AvgIpc) is 3.10. The lowest BCUT2D eigenvalue weighted by molar-refractivity contribution is -0.146. The first-order valence-corrected chi connectivity index (χ1v) is 8.84. The largest absolute Gasteiger partial charge is 0.479 e. The molecule has 2 aromatic rings. The Morgan fingerprint density at radius 3 is 2.64 bits per heavy atom. The van der Waals surface area contributed by atoms with Gasteiger partial charge >= 0.3 is 5.97 Å². The number of nitrogens with zero attached hydrogens (tertiary/aromatic N) is 3. The van der Waals surface area contributed by atoms with Gasteiger partial charge in [-0.1, -0.05) is 24.3 Å². The minimum atomic E-state index is -1.23. The molecule has 2 N–H and O–H groups in total. The molecule has 1 aliphatic rings. The first-order chi connectivity index (χ1) is 13.2. The van der Waals surface area contributed by atoms with E-state index in [4.69, 9.17) is 0 Å². The molecule has 0 bridgehead atoms. The number of nitrogens with one attached hydrogen (secondary N) is 1. The zero-order valence-electron chi connectivity index (χ0n) is 15.9. The predicted octanol–water partition coefficient (Wildman–Crippen LogP) is 2.61. The van der Waals surface area contributed by atoms with Crippen molar-refractivity contribution in [3.05, 3.63) is 54.0 Å². The lowest BCUT2D eigenvalue weighted by Gasteiger charge is -2.32. The molecule has 0 radical (unpaired) electrons. The molecule has 1 unspecified atom stereocenters. The summed E-state index contributed by atoms with van der Waals surface area (Å²) in [5.74, 6) is -1.48. The van der Waals surface area contributed by atoms with Crippen molar-refractivity contribution in [1.29, 1.82) is 0 Å². The molecule has 1 atom stereocenters. The molecule has 8 nitrogen and oxygen atoms in total. The Labute approximate surface area is 162 Å². The monoisotopic (exact) mass is 382 g/mol. The Morgan fingerprint density at radius 1 is 1.25 bits per heavy atom. The summed E-state index contributed by atoms with van der Waals surface area (Å²) < 4.78 is 1.28. The summed E-state index contributed by atoms with van der Waals surface area (Å²) in [7, 11) is 0. The van der Waals surface area contributed by atoms with Gasteiger partial charge < -0.3 is 15.3 Å². The van der Waals surface area contributed by atoms with E-state index in [0.717, 1.165) is 11.1 Å². The van der Waals surface area contributed by atoms with E-state index in [9.17, 15) is 19.5 Å². The van der Waals surface area contributed by atoms with Crippen LogP contribution in [0, 0.1) is 0 Å². The maximum absolute atomic E-state index is 12.6. The minimum Gasteiger partial charge on any atom is -0.479 e. The molecule has 1 aromatic heterocycles. The van der Waals surface area contributed by atoms with E-state index >= 15 is 0 Å². The van der Waals surface area contributed by atoms with Crippen LogP contribution in [0.4, 0.5) is 5.69 Å². The van der Waals surface area contributed by atoms with Gasteiger partial charge in [-0.2, -0.15) is 5.10 Å². The van der Waals surface area contributed by atoms with Crippen molar-refractivity contribution in [2.75, 3.05) is 5.32 Å². The number of hydrogen-bond donors (Lipinski definition) is 2.